The Labute approximate surface area is 124 Å². The summed E-state index contributed by atoms with van der Waals surface area (Å²) in [7, 11) is 0. The Hall–Kier alpha value is -2.67. The maximum absolute atomic E-state index is 11.3. The van der Waals surface area contributed by atoms with E-state index in [1.165, 1.54) is 11.1 Å². The Morgan fingerprint density at radius 2 is 1.14 bits per heavy atom. The summed E-state index contributed by atoms with van der Waals surface area (Å²) in [5.41, 5.74) is 5.44. The second kappa shape index (κ2) is 5.76. The van der Waals surface area contributed by atoms with Crippen LogP contribution in [0.4, 0.5) is 0 Å². The van der Waals surface area contributed by atoms with Gasteiger partial charge in [-0.1, -0.05) is 72.8 Å². The standard InChI is InChI=1S/C20H16O/c1-15(21)16-10-12-18(13-11-16)20-9-5-8-19(14-20)17-6-3-2-4-7-17/h2-14H,1H3. The minimum Gasteiger partial charge on any atom is -0.295 e. The molecule has 102 valence electrons. The number of carbonyl (C=O) groups is 1. The summed E-state index contributed by atoms with van der Waals surface area (Å²) in [5, 5.41) is 0. The average Bonchev–Trinajstić information content (AvgIpc) is 2.56. The summed E-state index contributed by atoms with van der Waals surface area (Å²) in [6.07, 6.45) is 0. The quantitative estimate of drug-likeness (QED) is 0.597. The molecule has 3 aromatic rings. The fraction of sp³-hybridized carbons (Fsp3) is 0.0500. The summed E-state index contributed by atoms with van der Waals surface area (Å²) < 4.78 is 0. The molecule has 0 radical (unpaired) electrons. The highest BCUT2D eigenvalue weighted by atomic mass is 16.1. The van der Waals surface area contributed by atoms with Gasteiger partial charge in [-0.2, -0.15) is 0 Å². The molecule has 1 nitrogen and oxygen atoms in total. The number of ketones is 1. The molecule has 0 heterocycles. The molecule has 0 aromatic heterocycles. The Morgan fingerprint density at radius 1 is 0.619 bits per heavy atom. The minimum absolute atomic E-state index is 0.0968. The summed E-state index contributed by atoms with van der Waals surface area (Å²) in [4.78, 5) is 11.3. The van der Waals surface area contributed by atoms with Crippen LogP contribution in [0.1, 0.15) is 17.3 Å². The fourth-order valence-electron chi connectivity index (χ4n) is 2.41. The third kappa shape index (κ3) is 2.92. The van der Waals surface area contributed by atoms with Crippen molar-refractivity contribution in [3.63, 3.8) is 0 Å². The van der Waals surface area contributed by atoms with Crippen molar-refractivity contribution in [2.24, 2.45) is 0 Å². The molecule has 0 atom stereocenters. The van der Waals surface area contributed by atoms with Crippen LogP contribution >= 0.6 is 0 Å². The lowest BCUT2D eigenvalue weighted by Crippen LogP contribution is -1.90. The molecule has 0 bridgehead atoms. The summed E-state index contributed by atoms with van der Waals surface area (Å²) in [5.74, 6) is 0.0968. The Balaban J connectivity index is 1.98. The number of hydrogen-bond donors (Lipinski definition) is 0. The van der Waals surface area contributed by atoms with Crippen molar-refractivity contribution in [3.8, 4) is 22.3 Å². The van der Waals surface area contributed by atoms with E-state index >= 15 is 0 Å². The van der Waals surface area contributed by atoms with Crippen LogP contribution in [0.2, 0.25) is 0 Å². The second-order valence-electron chi connectivity index (χ2n) is 5.08. The van der Waals surface area contributed by atoms with Crippen LogP contribution in [0.15, 0.2) is 78.9 Å². The van der Waals surface area contributed by atoms with Gasteiger partial charge in [0, 0.05) is 5.56 Å². The fourth-order valence-corrected chi connectivity index (χ4v) is 2.41. The zero-order valence-electron chi connectivity index (χ0n) is 11.9. The van der Waals surface area contributed by atoms with Gasteiger partial charge in [-0.15, -0.1) is 0 Å². The smallest absolute Gasteiger partial charge is 0.159 e. The Bertz CT molecular complexity index is 755. The molecule has 0 saturated heterocycles. The first-order chi connectivity index (χ1) is 10.2. The molecular formula is C20H16O. The van der Waals surface area contributed by atoms with Gasteiger partial charge in [-0.05, 0) is 35.2 Å². The van der Waals surface area contributed by atoms with E-state index in [0.29, 0.717) is 0 Å². The first-order valence-corrected chi connectivity index (χ1v) is 7.01. The number of Topliss-reactive ketones (excluding diaryl/α,β-unsaturated/α-hetero) is 1. The van der Waals surface area contributed by atoms with Gasteiger partial charge in [0.05, 0.1) is 0 Å². The van der Waals surface area contributed by atoms with Gasteiger partial charge in [0.2, 0.25) is 0 Å². The second-order valence-corrected chi connectivity index (χ2v) is 5.08. The van der Waals surface area contributed by atoms with Gasteiger partial charge in [0.15, 0.2) is 5.78 Å². The lowest BCUT2D eigenvalue weighted by Gasteiger charge is -2.06. The lowest BCUT2D eigenvalue weighted by atomic mass is 9.98. The lowest BCUT2D eigenvalue weighted by molar-refractivity contribution is 0.101. The molecule has 0 aliphatic rings. The first-order valence-electron chi connectivity index (χ1n) is 7.01. The molecule has 0 aliphatic carbocycles. The van der Waals surface area contributed by atoms with Crippen molar-refractivity contribution in [1.82, 2.24) is 0 Å². The van der Waals surface area contributed by atoms with Crippen LogP contribution in [0.5, 0.6) is 0 Å². The monoisotopic (exact) mass is 272 g/mol. The van der Waals surface area contributed by atoms with Gasteiger partial charge in [0.25, 0.3) is 0 Å². The first kappa shape index (κ1) is 13.3. The van der Waals surface area contributed by atoms with Gasteiger partial charge >= 0.3 is 0 Å². The topological polar surface area (TPSA) is 17.1 Å². The van der Waals surface area contributed by atoms with Crippen LogP contribution in [0, 0.1) is 0 Å². The minimum atomic E-state index is 0.0968. The molecule has 3 rings (SSSR count). The number of hydrogen-bond acceptors (Lipinski definition) is 1. The number of carbonyl (C=O) groups excluding carboxylic acids is 1. The molecule has 0 spiro atoms. The van der Waals surface area contributed by atoms with Gasteiger partial charge in [-0.3, -0.25) is 4.79 Å². The highest BCUT2D eigenvalue weighted by molar-refractivity contribution is 5.94. The Morgan fingerprint density at radius 3 is 1.71 bits per heavy atom. The molecule has 0 fully saturated rings. The maximum Gasteiger partial charge on any atom is 0.159 e. The summed E-state index contributed by atoms with van der Waals surface area (Å²) in [6.45, 7) is 1.59. The SMILES string of the molecule is CC(=O)c1ccc(-c2cccc(-c3ccccc3)c2)cc1. The average molecular weight is 272 g/mol. The largest absolute Gasteiger partial charge is 0.295 e. The zero-order valence-corrected chi connectivity index (χ0v) is 11.9. The van der Waals surface area contributed by atoms with E-state index in [4.69, 9.17) is 0 Å². The van der Waals surface area contributed by atoms with E-state index < -0.39 is 0 Å². The molecular weight excluding hydrogens is 256 g/mol. The number of benzene rings is 3. The summed E-state index contributed by atoms with van der Waals surface area (Å²) in [6, 6.07) is 26.5. The Kier molecular flexibility index (Phi) is 3.65. The van der Waals surface area contributed by atoms with Gasteiger partial charge in [0.1, 0.15) is 0 Å². The van der Waals surface area contributed by atoms with E-state index in [-0.39, 0.29) is 5.78 Å². The van der Waals surface area contributed by atoms with Crippen molar-refractivity contribution >= 4 is 5.78 Å². The molecule has 0 saturated carbocycles. The van der Waals surface area contributed by atoms with Crippen molar-refractivity contribution in [2.75, 3.05) is 0 Å². The zero-order chi connectivity index (χ0) is 14.7. The van der Waals surface area contributed by atoms with E-state index in [9.17, 15) is 4.79 Å². The van der Waals surface area contributed by atoms with E-state index in [1.54, 1.807) is 6.92 Å². The van der Waals surface area contributed by atoms with E-state index in [0.717, 1.165) is 16.7 Å². The van der Waals surface area contributed by atoms with Crippen LogP contribution in [-0.4, -0.2) is 5.78 Å². The molecule has 3 aromatic carbocycles. The highest BCUT2D eigenvalue weighted by Gasteiger charge is 2.03. The number of rotatable bonds is 3. The van der Waals surface area contributed by atoms with Crippen molar-refractivity contribution in [2.45, 2.75) is 6.92 Å². The molecule has 21 heavy (non-hydrogen) atoms. The van der Waals surface area contributed by atoms with E-state index in [1.807, 2.05) is 42.5 Å². The molecule has 1 heteroatoms. The predicted molar refractivity (Wildman–Crippen MR) is 87.3 cm³/mol. The van der Waals surface area contributed by atoms with Crippen LogP contribution in [-0.2, 0) is 0 Å². The summed E-state index contributed by atoms with van der Waals surface area (Å²) >= 11 is 0. The van der Waals surface area contributed by atoms with Gasteiger partial charge < -0.3 is 0 Å². The van der Waals surface area contributed by atoms with Crippen LogP contribution in [0.3, 0.4) is 0 Å². The molecule has 0 N–H and O–H groups in total. The maximum atomic E-state index is 11.3. The van der Waals surface area contributed by atoms with Crippen LogP contribution in [0.25, 0.3) is 22.3 Å². The molecule has 0 unspecified atom stereocenters. The third-order valence-corrected chi connectivity index (χ3v) is 3.59. The highest BCUT2D eigenvalue weighted by Crippen LogP contribution is 2.26. The van der Waals surface area contributed by atoms with Crippen LogP contribution < -0.4 is 0 Å². The third-order valence-electron chi connectivity index (χ3n) is 3.59. The van der Waals surface area contributed by atoms with Crippen molar-refractivity contribution in [3.05, 3.63) is 84.4 Å². The molecule has 0 aliphatic heterocycles. The predicted octanol–water partition coefficient (Wildman–Crippen LogP) is 5.22. The van der Waals surface area contributed by atoms with Crippen molar-refractivity contribution in [1.29, 1.82) is 0 Å². The van der Waals surface area contributed by atoms with Gasteiger partial charge in [-0.25, -0.2) is 0 Å². The van der Waals surface area contributed by atoms with E-state index in [2.05, 4.69) is 36.4 Å². The van der Waals surface area contributed by atoms with Crippen molar-refractivity contribution < 1.29 is 4.79 Å². The normalized spacial score (nSPS) is 10.3. The molecule has 0 amide bonds.